The highest BCUT2D eigenvalue weighted by atomic mass is 32.2. The van der Waals surface area contributed by atoms with Crippen molar-refractivity contribution >= 4 is 20.8 Å². The molecule has 0 spiro atoms. The molecule has 0 amide bonds. The Morgan fingerprint density at radius 1 is 1.32 bits per heavy atom. The van der Waals surface area contributed by atoms with Crippen LogP contribution < -0.4 is 10.9 Å². The van der Waals surface area contributed by atoms with Crippen LogP contribution >= 0.6 is 0 Å². The number of fused-ring (bicyclic) bond motifs is 1. The average Bonchev–Trinajstić information content (AvgIpc) is 2.83. The summed E-state index contributed by atoms with van der Waals surface area (Å²) in [5.41, 5.74) is 2.27. The van der Waals surface area contributed by atoms with Crippen molar-refractivity contribution in [3.8, 4) is 0 Å². The summed E-state index contributed by atoms with van der Waals surface area (Å²) in [5, 5.41) is 2.95. The molecule has 1 aliphatic rings. The lowest BCUT2D eigenvalue weighted by Gasteiger charge is -2.09. The van der Waals surface area contributed by atoms with Crippen LogP contribution in [0.3, 0.4) is 0 Å². The van der Waals surface area contributed by atoms with Gasteiger partial charge in [0.1, 0.15) is 23.9 Å². The topological polar surface area (TPSA) is 81.0 Å². The first-order valence-corrected chi connectivity index (χ1v) is 9.38. The summed E-state index contributed by atoms with van der Waals surface area (Å²) in [6.07, 6.45) is 1.57. The van der Waals surface area contributed by atoms with Gasteiger partial charge in [-0.05, 0) is 18.1 Å². The maximum atomic E-state index is 11.7. The van der Waals surface area contributed by atoms with Crippen LogP contribution in [0.25, 0.3) is 11.0 Å². The fourth-order valence-electron chi connectivity index (χ4n) is 2.97. The number of nitrogens with two attached hydrogens (primary N) is 1. The minimum absolute atomic E-state index is 0.0854. The summed E-state index contributed by atoms with van der Waals surface area (Å²) >= 11 is 0. The number of hydrogen-bond donors (Lipinski definition) is 1. The Kier molecular flexibility index (Phi) is 4.06. The fourth-order valence-corrected chi connectivity index (χ4v) is 4.75. The van der Waals surface area contributed by atoms with Crippen molar-refractivity contribution in [3.63, 3.8) is 0 Å². The van der Waals surface area contributed by atoms with Crippen LogP contribution in [0.4, 0.5) is 0 Å². The molecular weight excluding hydrogens is 302 g/mol. The predicted octanol–water partition coefficient (Wildman–Crippen LogP) is 0.606. The highest BCUT2D eigenvalue weighted by molar-refractivity contribution is 7.91. The minimum atomic E-state index is -2.87. The van der Waals surface area contributed by atoms with Gasteiger partial charge in [0, 0.05) is 23.4 Å². The summed E-state index contributed by atoms with van der Waals surface area (Å²) in [5.74, 6) is 0.498. The van der Waals surface area contributed by atoms with Crippen molar-refractivity contribution in [3.05, 3.63) is 45.8 Å². The number of sulfone groups is 1. The van der Waals surface area contributed by atoms with E-state index in [-0.39, 0.29) is 23.2 Å². The molecule has 1 fully saturated rings. The van der Waals surface area contributed by atoms with Gasteiger partial charge >= 0.3 is 5.63 Å². The molecule has 1 aromatic heterocycles. The van der Waals surface area contributed by atoms with Gasteiger partial charge in [-0.25, -0.2) is 13.2 Å². The quantitative estimate of drug-likeness (QED) is 0.836. The molecule has 118 valence electrons. The Bertz CT molecular complexity index is 854. The van der Waals surface area contributed by atoms with Gasteiger partial charge in [0.2, 0.25) is 0 Å². The van der Waals surface area contributed by atoms with Crippen LogP contribution in [0.2, 0.25) is 0 Å². The monoisotopic (exact) mass is 322 g/mol. The second-order valence-corrected chi connectivity index (χ2v) is 8.11. The van der Waals surface area contributed by atoms with E-state index < -0.39 is 9.84 Å². The second kappa shape index (κ2) is 5.85. The number of rotatable bonds is 4. The number of quaternary nitrogens is 1. The zero-order valence-electron chi connectivity index (χ0n) is 12.5. The molecule has 3 rings (SSSR count). The van der Waals surface area contributed by atoms with Crippen molar-refractivity contribution in [1.29, 1.82) is 0 Å². The Balaban J connectivity index is 1.86. The SMILES string of the molecule is CCc1ccc2c(C[NH2+][C@@H]3CCS(=O)(=O)C3)cc(=O)oc2c1. The van der Waals surface area contributed by atoms with Gasteiger partial charge in [0.25, 0.3) is 0 Å². The van der Waals surface area contributed by atoms with E-state index in [0.717, 1.165) is 22.9 Å². The first-order valence-electron chi connectivity index (χ1n) is 7.56. The lowest BCUT2D eigenvalue weighted by Crippen LogP contribution is -2.89. The maximum Gasteiger partial charge on any atom is 0.336 e. The molecular formula is C16H20NO4S+. The molecule has 0 radical (unpaired) electrons. The zero-order valence-corrected chi connectivity index (χ0v) is 13.4. The third kappa shape index (κ3) is 3.23. The number of benzene rings is 1. The van der Waals surface area contributed by atoms with Crippen LogP contribution in [0.5, 0.6) is 0 Å². The molecule has 0 unspecified atom stereocenters. The third-order valence-electron chi connectivity index (χ3n) is 4.24. The van der Waals surface area contributed by atoms with E-state index in [2.05, 4.69) is 6.92 Å². The average molecular weight is 322 g/mol. The lowest BCUT2D eigenvalue weighted by atomic mass is 10.1. The zero-order chi connectivity index (χ0) is 15.7. The van der Waals surface area contributed by atoms with E-state index in [4.69, 9.17) is 4.42 Å². The molecule has 0 aliphatic carbocycles. The van der Waals surface area contributed by atoms with E-state index in [1.165, 1.54) is 6.07 Å². The number of hydrogen-bond acceptors (Lipinski definition) is 4. The van der Waals surface area contributed by atoms with Crippen LogP contribution in [0.15, 0.2) is 33.5 Å². The summed E-state index contributed by atoms with van der Waals surface area (Å²) in [4.78, 5) is 11.7. The molecule has 2 aromatic rings. The smallest absolute Gasteiger partial charge is 0.336 e. The van der Waals surface area contributed by atoms with Gasteiger partial charge in [-0.2, -0.15) is 0 Å². The Morgan fingerprint density at radius 3 is 2.82 bits per heavy atom. The van der Waals surface area contributed by atoms with Crippen LogP contribution in [-0.2, 0) is 22.8 Å². The van der Waals surface area contributed by atoms with E-state index in [1.54, 1.807) is 0 Å². The molecule has 1 atom stereocenters. The van der Waals surface area contributed by atoms with Crippen LogP contribution in [0, 0.1) is 0 Å². The molecule has 5 nitrogen and oxygen atoms in total. The fraction of sp³-hybridized carbons (Fsp3) is 0.438. The largest absolute Gasteiger partial charge is 0.423 e. The lowest BCUT2D eigenvalue weighted by molar-refractivity contribution is -0.699. The van der Waals surface area contributed by atoms with Crippen LogP contribution in [0.1, 0.15) is 24.5 Å². The van der Waals surface area contributed by atoms with E-state index in [0.29, 0.717) is 18.5 Å². The highest BCUT2D eigenvalue weighted by Crippen LogP contribution is 2.18. The highest BCUT2D eigenvalue weighted by Gasteiger charge is 2.30. The molecule has 6 heteroatoms. The standard InChI is InChI=1S/C16H19NO4S/c1-2-11-3-4-14-12(8-16(18)21-15(14)7-11)9-17-13-5-6-22(19,20)10-13/h3-4,7-8,13,17H,2,5-6,9-10H2,1H3/p+1/t13-/m1/s1. The van der Waals surface area contributed by atoms with Crippen molar-refractivity contribution < 1.29 is 18.2 Å². The first kappa shape index (κ1) is 15.2. The van der Waals surface area contributed by atoms with Crippen molar-refractivity contribution in [2.24, 2.45) is 0 Å². The predicted molar refractivity (Wildman–Crippen MR) is 84.6 cm³/mol. The molecule has 2 heterocycles. The maximum absolute atomic E-state index is 11.7. The second-order valence-electron chi connectivity index (χ2n) is 5.88. The summed E-state index contributed by atoms with van der Waals surface area (Å²) < 4.78 is 28.3. The molecule has 22 heavy (non-hydrogen) atoms. The van der Waals surface area contributed by atoms with E-state index >= 15 is 0 Å². The Hall–Kier alpha value is -1.66. The van der Waals surface area contributed by atoms with Gasteiger partial charge in [-0.1, -0.05) is 19.1 Å². The Morgan fingerprint density at radius 2 is 2.14 bits per heavy atom. The van der Waals surface area contributed by atoms with Gasteiger partial charge in [0.15, 0.2) is 9.84 Å². The summed E-state index contributed by atoms with van der Waals surface area (Å²) in [7, 11) is -2.87. The first-order chi connectivity index (χ1) is 10.5. The van der Waals surface area contributed by atoms with Gasteiger partial charge in [-0.15, -0.1) is 0 Å². The van der Waals surface area contributed by atoms with Crippen molar-refractivity contribution in [2.75, 3.05) is 11.5 Å². The molecule has 0 bridgehead atoms. The number of aryl methyl sites for hydroxylation is 1. The Labute approximate surface area is 129 Å². The normalized spacial score (nSPS) is 20.5. The summed E-state index contributed by atoms with van der Waals surface area (Å²) in [6, 6.07) is 7.51. The van der Waals surface area contributed by atoms with Crippen molar-refractivity contribution in [2.45, 2.75) is 32.4 Å². The molecule has 2 N–H and O–H groups in total. The third-order valence-corrected chi connectivity index (χ3v) is 6.04. The molecule has 1 aliphatic heterocycles. The van der Waals surface area contributed by atoms with Gasteiger partial charge in [-0.3, -0.25) is 0 Å². The van der Waals surface area contributed by atoms with Crippen molar-refractivity contribution in [1.82, 2.24) is 0 Å². The van der Waals surface area contributed by atoms with E-state index in [9.17, 15) is 13.2 Å². The molecule has 0 saturated carbocycles. The van der Waals surface area contributed by atoms with Gasteiger partial charge in [0.05, 0.1) is 5.75 Å². The minimum Gasteiger partial charge on any atom is -0.423 e. The van der Waals surface area contributed by atoms with Gasteiger partial charge < -0.3 is 9.73 Å². The van der Waals surface area contributed by atoms with E-state index in [1.807, 2.05) is 23.5 Å². The molecule has 1 aromatic carbocycles. The molecule has 1 saturated heterocycles. The summed E-state index contributed by atoms with van der Waals surface area (Å²) in [6.45, 7) is 2.64. The van der Waals surface area contributed by atoms with Crippen LogP contribution in [-0.4, -0.2) is 26.0 Å².